The molecule has 1 N–H and O–H groups in total. The van der Waals surface area contributed by atoms with E-state index < -0.39 is 0 Å². The molecule has 0 bridgehead atoms. The van der Waals surface area contributed by atoms with Gasteiger partial charge in [0.05, 0.1) is 6.61 Å². The Balaban J connectivity index is 1.93. The summed E-state index contributed by atoms with van der Waals surface area (Å²) < 4.78 is 7.88. The van der Waals surface area contributed by atoms with Crippen molar-refractivity contribution in [3.8, 4) is 0 Å². The van der Waals surface area contributed by atoms with Crippen LogP contribution >= 0.6 is 0 Å². The van der Waals surface area contributed by atoms with Crippen LogP contribution in [0.3, 0.4) is 0 Å². The molecule has 20 heavy (non-hydrogen) atoms. The highest BCUT2D eigenvalue weighted by molar-refractivity contribution is 5.77. The van der Waals surface area contributed by atoms with Crippen LogP contribution in [0, 0.1) is 0 Å². The van der Waals surface area contributed by atoms with Crippen LogP contribution < -0.4 is 5.32 Å². The van der Waals surface area contributed by atoms with Crippen molar-refractivity contribution in [1.29, 1.82) is 0 Å². The number of ether oxygens (including phenoxy) is 1. The fourth-order valence-electron chi connectivity index (χ4n) is 3.08. The Morgan fingerprint density at radius 3 is 3.25 bits per heavy atom. The minimum absolute atomic E-state index is 0.597. The molecule has 0 saturated carbocycles. The molecule has 0 radical (unpaired) electrons. The summed E-state index contributed by atoms with van der Waals surface area (Å²) in [4.78, 5) is 4.56. The molecular weight excluding hydrogens is 250 g/mol. The van der Waals surface area contributed by atoms with E-state index in [1.165, 1.54) is 23.9 Å². The first kappa shape index (κ1) is 13.6. The van der Waals surface area contributed by atoms with E-state index in [4.69, 9.17) is 4.74 Å². The number of pyridine rings is 1. The van der Waals surface area contributed by atoms with Crippen molar-refractivity contribution in [3.05, 3.63) is 30.1 Å². The third kappa shape index (κ3) is 2.72. The number of nitrogens with zero attached hydrogens (tertiary/aromatic N) is 2. The molecule has 4 nitrogen and oxygen atoms in total. The van der Waals surface area contributed by atoms with Crippen LogP contribution in [0.2, 0.25) is 0 Å². The second-order valence-electron chi connectivity index (χ2n) is 5.38. The highest BCUT2D eigenvalue weighted by Gasteiger charge is 2.20. The molecule has 0 spiro atoms. The molecule has 1 aliphatic heterocycles. The van der Waals surface area contributed by atoms with Crippen molar-refractivity contribution in [2.45, 2.75) is 32.2 Å². The van der Waals surface area contributed by atoms with Crippen molar-refractivity contribution in [3.63, 3.8) is 0 Å². The van der Waals surface area contributed by atoms with Gasteiger partial charge < -0.3 is 14.6 Å². The smallest absolute Gasteiger partial charge is 0.140 e. The van der Waals surface area contributed by atoms with Crippen molar-refractivity contribution in [1.82, 2.24) is 14.9 Å². The van der Waals surface area contributed by atoms with Crippen LogP contribution in [0.4, 0.5) is 0 Å². The van der Waals surface area contributed by atoms with Gasteiger partial charge in [0.25, 0.3) is 0 Å². The van der Waals surface area contributed by atoms with Gasteiger partial charge in [-0.25, -0.2) is 4.98 Å². The van der Waals surface area contributed by atoms with Gasteiger partial charge >= 0.3 is 0 Å². The summed E-state index contributed by atoms with van der Waals surface area (Å²) in [5.74, 6) is 0.597. The second kappa shape index (κ2) is 6.37. The van der Waals surface area contributed by atoms with Gasteiger partial charge in [0.2, 0.25) is 0 Å². The minimum Gasteiger partial charge on any atom is -0.380 e. The lowest BCUT2D eigenvalue weighted by Gasteiger charge is -2.24. The van der Waals surface area contributed by atoms with E-state index in [1.807, 2.05) is 19.2 Å². The quantitative estimate of drug-likeness (QED) is 0.851. The monoisotopic (exact) mass is 273 g/mol. The zero-order valence-corrected chi connectivity index (χ0v) is 12.1. The van der Waals surface area contributed by atoms with Gasteiger partial charge in [-0.3, -0.25) is 0 Å². The van der Waals surface area contributed by atoms with Crippen LogP contribution in [0.25, 0.3) is 11.0 Å². The molecule has 4 heteroatoms. The van der Waals surface area contributed by atoms with E-state index >= 15 is 0 Å². The first-order valence-corrected chi connectivity index (χ1v) is 7.62. The van der Waals surface area contributed by atoms with Gasteiger partial charge in [-0.15, -0.1) is 0 Å². The fourth-order valence-corrected chi connectivity index (χ4v) is 3.08. The molecule has 108 valence electrons. The van der Waals surface area contributed by atoms with Gasteiger partial charge in [-0.05, 0) is 44.5 Å². The Hall–Kier alpha value is -1.39. The molecule has 1 fully saturated rings. The lowest BCUT2D eigenvalue weighted by Crippen LogP contribution is -2.29. The summed E-state index contributed by atoms with van der Waals surface area (Å²) in [7, 11) is 0. The summed E-state index contributed by atoms with van der Waals surface area (Å²) in [6.45, 7) is 6.67. The third-order valence-corrected chi connectivity index (χ3v) is 4.07. The Morgan fingerprint density at radius 2 is 2.45 bits per heavy atom. The highest BCUT2D eigenvalue weighted by atomic mass is 16.5. The van der Waals surface area contributed by atoms with Crippen molar-refractivity contribution in [2.75, 3.05) is 26.3 Å². The average molecular weight is 273 g/mol. The molecule has 2 aromatic rings. The lowest BCUT2D eigenvalue weighted by molar-refractivity contribution is 0.139. The standard InChI is InChI=1S/C16H23N3O/c1-2-20-10-9-19-15(14-6-3-7-17-12-14)11-13-5-4-8-18-16(13)19/h4-5,8,11,14,17H,2-3,6-7,9-10,12H2,1H3. The molecule has 1 aliphatic rings. The van der Waals surface area contributed by atoms with Gasteiger partial charge in [-0.2, -0.15) is 0 Å². The number of fused-ring (bicyclic) bond motifs is 1. The zero-order valence-electron chi connectivity index (χ0n) is 12.1. The molecule has 0 aromatic carbocycles. The van der Waals surface area contributed by atoms with E-state index in [9.17, 15) is 0 Å². The van der Waals surface area contributed by atoms with Crippen LogP contribution in [0.15, 0.2) is 24.4 Å². The van der Waals surface area contributed by atoms with Crippen molar-refractivity contribution in [2.24, 2.45) is 0 Å². The zero-order chi connectivity index (χ0) is 13.8. The fraction of sp³-hybridized carbons (Fsp3) is 0.562. The summed E-state index contributed by atoms with van der Waals surface area (Å²) in [5, 5.41) is 4.75. The molecule has 3 heterocycles. The predicted molar refractivity (Wildman–Crippen MR) is 81.1 cm³/mol. The van der Waals surface area contributed by atoms with Gasteiger partial charge in [-0.1, -0.05) is 0 Å². The lowest BCUT2D eigenvalue weighted by atomic mass is 9.96. The molecule has 1 saturated heterocycles. The van der Waals surface area contributed by atoms with Gasteiger partial charge in [0, 0.05) is 42.9 Å². The largest absolute Gasteiger partial charge is 0.380 e. The SMILES string of the molecule is CCOCCn1c(C2CCCNC2)cc2cccnc21. The minimum atomic E-state index is 0.597. The highest BCUT2D eigenvalue weighted by Crippen LogP contribution is 2.28. The number of hydrogen-bond donors (Lipinski definition) is 1. The summed E-state index contributed by atoms with van der Waals surface area (Å²) in [5.41, 5.74) is 2.50. The maximum absolute atomic E-state index is 5.53. The van der Waals surface area contributed by atoms with Crippen LogP contribution in [-0.2, 0) is 11.3 Å². The molecule has 0 aliphatic carbocycles. The van der Waals surface area contributed by atoms with E-state index in [-0.39, 0.29) is 0 Å². The number of nitrogens with one attached hydrogen (secondary N) is 1. The second-order valence-corrected chi connectivity index (χ2v) is 5.38. The topological polar surface area (TPSA) is 39.1 Å². The summed E-state index contributed by atoms with van der Waals surface area (Å²) in [6.07, 6.45) is 4.39. The van der Waals surface area contributed by atoms with Crippen molar-refractivity contribution >= 4 is 11.0 Å². The Morgan fingerprint density at radius 1 is 1.50 bits per heavy atom. The molecule has 1 unspecified atom stereocenters. The number of rotatable bonds is 5. The normalized spacial score (nSPS) is 19.6. The van der Waals surface area contributed by atoms with Gasteiger partial charge in [0.15, 0.2) is 0 Å². The molecular formula is C16H23N3O. The van der Waals surface area contributed by atoms with E-state index in [0.717, 1.165) is 38.5 Å². The maximum atomic E-state index is 5.53. The first-order valence-electron chi connectivity index (χ1n) is 7.62. The van der Waals surface area contributed by atoms with Crippen LogP contribution in [0.1, 0.15) is 31.4 Å². The van der Waals surface area contributed by atoms with Crippen LogP contribution in [-0.4, -0.2) is 35.9 Å². The van der Waals surface area contributed by atoms with E-state index in [1.54, 1.807) is 0 Å². The Bertz CT molecular complexity index is 558. The molecule has 0 amide bonds. The number of piperidine rings is 1. The number of hydrogen-bond acceptors (Lipinski definition) is 3. The van der Waals surface area contributed by atoms with E-state index in [2.05, 4.69) is 27.0 Å². The van der Waals surface area contributed by atoms with Crippen LogP contribution in [0.5, 0.6) is 0 Å². The summed E-state index contributed by atoms with van der Waals surface area (Å²) >= 11 is 0. The molecule has 3 rings (SSSR count). The molecule has 2 aromatic heterocycles. The van der Waals surface area contributed by atoms with Gasteiger partial charge in [0.1, 0.15) is 5.65 Å². The maximum Gasteiger partial charge on any atom is 0.140 e. The summed E-state index contributed by atoms with van der Waals surface area (Å²) in [6, 6.07) is 6.48. The predicted octanol–water partition coefficient (Wildman–Crippen LogP) is 2.54. The van der Waals surface area contributed by atoms with E-state index in [0.29, 0.717) is 5.92 Å². The Kier molecular flexibility index (Phi) is 4.33. The van der Waals surface area contributed by atoms with Crippen molar-refractivity contribution < 1.29 is 4.74 Å². The average Bonchev–Trinajstić information content (AvgIpc) is 2.87. The first-order chi connectivity index (χ1) is 9.90. The number of aromatic nitrogens is 2. The Labute approximate surface area is 120 Å². The molecule has 1 atom stereocenters. The third-order valence-electron chi connectivity index (χ3n) is 4.07.